The van der Waals surface area contributed by atoms with Crippen molar-refractivity contribution in [2.45, 2.75) is 0 Å². The quantitative estimate of drug-likeness (QED) is 0.622. The standard InChI is InChI=1S/C12H10F2N2/c13-9-3-1-5-11(7-9)16(15)12-6-2-4-10(14)8-12/h1-8H,15H2. The maximum atomic E-state index is 13.0. The molecule has 82 valence electrons. The van der Waals surface area contributed by atoms with E-state index in [0.29, 0.717) is 11.4 Å². The number of nitrogens with zero attached hydrogens (tertiary/aromatic N) is 1. The lowest BCUT2D eigenvalue weighted by Gasteiger charge is -2.18. The number of anilines is 2. The molecule has 0 atom stereocenters. The van der Waals surface area contributed by atoms with Gasteiger partial charge in [0.15, 0.2) is 0 Å². The van der Waals surface area contributed by atoms with Crippen LogP contribution in [0.5, 0.6) is 0 Å². The van der Waals surface area contributed by atoms with Crippen LogP contribution in [0.4, 0.5) is 20.2 Å². The first kappa shape index (κ1) is 10.6. The predicted molar refractivity (Wildman–Crippen MR) is 59.1 cm³/mol. The molecule has 0 fully saturated rings. The summed E-state index contributed by atoms with van der Waals surface area (Å²) in [5.74, 6) is 4.98. The Kier molecular flexibility index (Phi) is 2.83. The molecule has 16 heavy (non-hydrogen) atoms. The van der Waals surface area contributed by atoms with Crippen LogP contribution in [0.2, 0.25) is 0 Å². The highest BCUT2D eigenvalue weighted by Crippen LogP contribution is 2.22. The number of hydrogen-bond donors (Lipinski definition) is 1. The summed E-state index contributed by atoms with van der Waals surface area (Å²) in [6.07, 6.45) is 0. The summed E-state index contributed by atoms with van der Waals surface area (Å²) in [4.78, 5) is 0. The van der Waals surface area contributed by atoms with Gasteiger partial charge in [-0.05, 0) is 36.4 Å². The molecule has 4 heteroatoms. The topological polar surface area (TPSA) is 29.3 Å². The number of rotatable bonds is 2. The van der Waals surface area contributed by atoms with E-state index in [1.54, 1.807) is 24.3 Å². The molecule has 2 nitrogen and oxygen atoms in total. The minimum atomic E-state index is -0.385. The molecule has 0 saturated carbocycles. The van der Waals surface area contributed by atoms with Gasteiger partial charge in [-0.2, -0.15) is 0 Å². The minimum Gasteiger partial charge on any atom is -0.279 e. The largest absolute Gasteiger partial charge is 0.279 e. The lowest BCUT2D eigenvalue weighted by molar-refractivity contribution is 0.626. The van der Waals surface area contributed by atoms with Crippen LogP contribution in [0, 0.1) is 11.6 Å². The number of nitrogens with two attached hydrogens (primary N) is 1. The molecule has 2 N–H and O–H groups in total. The van der Waals surface area contributed by atoms with Crippen LogP contribution in [0.25, 0.3) is 0 Å². The van der Waals surface area contributed by atoms with Crippen LogP contribution >= 0.6 is 0 Å². The average molecular weight is 220 g/mol. The number of halogens is 2. The molecule has 0 unspecified atom stereocenters. The number of benzene rings is 2. The average Bonchev–Trinajstić information content (AvgIpc) is 2.28. The van der Waals surface area contributed by atoms with Crippen molar-refractivity contribution in [2.75, 3.05) is 5.01 Å². The molecule has 0 aliphatic rings. The fraction of sp³-hybridized carbons (Fsp3) is 0. The summed E-state index contributed by atoms with van der Waals surface area (Å²) in [6, 6.07) is 11.6. The second-order valence-electron chi connectivity index (χ2n) is 3.33. The first-order valence-corrected chi connectivity index (χ1v) is 4.73. The zero-order valence-corrected chi connectivity index (χ0v) is 8.40. The Bertz CT molecular complexity index is 454. The van der Waals surface area contributed by atoms with Gasteiger partial charge in [0, 0.05) is 0 Å². The molecule has 0 spiro atoms. The summed E-state index contributed by atoms with van der Waals surface area (Å²) < 4.78 is 25.9. The maximum absolute atomic E-state index is 13.0. The van der Waals surface area contributed by atoms with Crippen LogP contribution in [-0.2, 0) is 0 Å². The second-order valence-corrected chi connectivity index (χ2v) is 3.33. The zero-order chi connectivity index (χ0) is 11.5. The van der Waals surface area contributed by atoms with E-state index in [-0.39, 0.29) is 11.6 Å². The molecule has 0 saturated heterocycles. The van der Waals surface area contributed by atoms with Gasteiger partial charge < -0.3 is 0 Å². The van der Waals surface area contributed by atoms with Gasteiger partial charge in [-0.15, -0.1) is 0 Å². The molecular weight excluding hydrogens is 210 g/mol. The molecular formula is C12H10F2N2. The van der Waals surface area contributed by atoms with Gasteiger partial charge in [0.1, 0.15) is 11.6 Å². The Morgan fingerprint density at radius 2 is 1.25 bits per heavy atom. The summed E-state index contributed by atoms with van der Waals surface area (Å²) in [7, 11) is 0. The smallest absolute Gasteiger partial charge is 0.125 e. The molecule has 0 radical (unpaired) electrons. The van der Waals surface area contributed by atoms with Gasteiger partial charge in [0.05, 0.1) is 11.4 Å². The normalized spacial score (nSPS) is 10.2. The van der Waals surface area contributed by atoms with Crippen LogP contribution in [0.15, 0.2) is 48.5 Å². The minimum absolute atomic E-state index is 0.385. The fourth-order valence-corrected chi connectivity index (χ4v) is 1.40. The molecule has 2 rings (SSSR count). The van der Waals surface area contributed by atoms with Crippen LogP contribution in [0.3, 0.4) is 0 Å². The number of hydrazine groups is 1. The third-order valence-corrected chi connectivity index (χ3v) is 2.17. The summed E-state index contributed by atoms with van der Waals surface area (Å²) in [6.45, 7) is 0. The van der Waals surface area contributed by atoms with Crippen LogP contribution in [-0.4, -0.2) is 0 Å². The molecule has 0 bridgehead atoms. The lowest BCUT2D eigenvalue weighted by Crippen LogP contribution is -2.24. The molecule has 2 aromatic carbocycles. The summed E-state index contributed by atoms with van der Waals surface area (Å²) in [5, 5.41) is 1.23. The Morgan fingerprint density at radius 1 is 0.812 bits per heavy atom. The second kappa shape index (κ2) is 4.28. The van der Waals surface area contributed by atoms with Crippen molar-refractivity contribution < 1.29 is 8.78 Å². The van der Waals surface area contributed by atoms with Crippen molar-refractivity contribution in [2.24, 2.45) is 5.84 Å². The maximum Gasteiger partial charge on any atom is 0.125 e. The van der Waals surface area contributed by atoms with Gasteiger partial charge in [0.25, 0.3) is 0 Å². The van der Waals surface area contributed by atoms with Crippen molar-refractivity contribution in [3.63, 3.8) is 0 Å². The summed E-state index contributed by atoms with van der Waals surface area (Å²) >= 11 is 0. The highest BCUT2D eigenvalue weighted by molar-refractivity contribution is 5.61. The van der Waals surface area contributed by atoms with E-state index in [1.165, 1.54) is 29.3 Å². The molecule has 0 aromatic heterocycles. The molecule has 0 aliphatic heterocycles. The summed E-state index contributed by atoms with van der Waals surface area (Å²) in [5.41, 5.74) is 0.927. The third kappa shape index (κ3) is 2.17. The monoisotopic (exact) mass is 220 g/mol. The Labute approximate surface area is 91.9 Å². The van der Waals surface area contributed by atoms with E-state index in [4.69, 9.17) is 5.84 Å². The van der Waals surface area contributed by atoms with Gasteiger partial charge in [-0.3, -0.25) is 5.01 Å². The van der Waals surface area contributed by atoms with Crippen molar-refractivity contribution in [1.29, 1.82) is 0 Å². The highest BCUT2D eigenvalue weighted by atomic mass is 19.1. The van der Waals surface area contributed by atoms with Gasteiger partial charge in [-0.25, -0.2) is 14.6 Å². The number of hydrogen-bond acceptors (Lipinski definition) is 2. The zero-order valence-electron chi connectivity index (χ0n) is 8.40. The Morgan fingerprint density at radius 3 is 1.62 bits per heavy atom. The van der Waals surface area contributed by atoms with Gasteiger partial charge in [0.2, 0.25) is 0 Å². The fourth-order valence-electron chi connectivity index (χ4n) is 1.40. The van der Waals surface area contributed by atoms with E-state index in [1.807, 2.05) is 0 Å². The predicted octanol–water partition coefficient (Wildman–Crippen LogP) is 2.98. The van der Waals surface area contributed by atoms with E-state index >= 15 is 0 Å². The SMILES string of the molecule is NN(c1cccc(F)c1)c1cccc(F)c1. The third-order valence-electron chi connectivity index (χ3n) is 2.17. The van der Waals surface area contributed by atoms with Crippen molar-refractivity contribution in [3.8, 4) is 0 Å². The first-order chi connectivity index (χ1) is 7.66. The van der Waals surface area contributed by atoms with E-state index in [2.05, 4.69) is 0 Å². The van der Waals surface area contributed by atoms with Gasteiger partial charge in [-0.1, -0.05) is 12.1 Å². The molecule has 0 aliphatic carbocycles. The van der Waals surface area contributed by atoms with E-state index in [0.717, 1.165) is 0 Å². The van der Waals surface area contributed by atoms with E-state index < -0.39 is 0 Å². The van der Waals surface area contributed by atoms with Crippen molar-refractivity contribution in [1.82, 2.24) is 0 Å². The van der Waals surface area contributed by atoms with Crippen LogP contribution < -0.4 is 10.9 Å². The van der Waals surface area contributed by atoms with Crippen molar-refractivity contribution >= 4 is 11.4 Å². The molecule has 2 aromatic rings. The van der Waals surface area contributed by atoms with E-state index in [9.17, 15) is 8.78 Å². The highest BCUT2D eigenvalue weighted by Gasteiger charge is 2.05. The van der Waals surface area contributed by atoms with Gasteiger partial charge >= 0.3 is 0 Å². The molecule has 0 heterocycles. The Balaban J connectivity index is 2.35. The van der Waals surface area contributed by atoms with Crippen molar-refractivity contribution in [3.05, 3.63) is 60.2 Å². The Hall–Kier alpha value is -1.94. The lowest BCUT2D eigenvalue weighted by atomic mass is 10.2. The van der Waals surface area contributed by atoms with Crippen LogP contribution in [0.1, 0.15) is 0 Å². The first-order valence-electron chi connectivity index (χ1n) is 4.73. The molecule has 0 amide bonds.